The third-order valence-electron chi connectivity index (χ3n) is 4.00. The van der Waals surface area contributed by atoms with Gasteiger partial charge in [-0.1, -0.05) is 25.1 Å². The summed E-state index contributed by atoms with van der Waals surface area (Å²) in [5, 5.41) is 5.14. The number of anilines is 1. The molecule has 4 heteroatoms. The fraction of sp³-hybridized carbons (Fsp3) is 0.353. The lowest BCUT2D eigenvalue weighted by Crippen LogP contribution is -2.40. The second-order valence-electron chi connectivity index (χ2n) is 5.36. The fourth-order valence-corrected chi connectivity index (χ4v) is 3.95. The van der Waals surface area contributed by atoms with E-state index >= 15 is 0 Å². The van der Waals surface area contributed by atoms with Gasteiger partial charge in [0, 0.05) is 23.2 Å². The number of thiophene rings is 1. The minimum atomic E-state index is 0.0679. The average Bonchev–Trinajstić information content (AvgIpc) is 2.96. The molecular formula is C17H20N2OS. The predicted octanol–water partition coefficient (Wildman–Crippen LogP) is 3.70. The van der Waals surface area contributed by atoms with Crippen LogP contribution >= 0.6 is 11.3 Å². The van der Waals surface area contributed by atoms with E-state index in [1.165, 1.54) is 10.4 Å². The fourth-order valence-electron chi connectivity index (χ4n) is 3.02. The van der Waals surface area contributed by atoms with Crippen LogP contribution in [-0.2, 0) is 11.2 Å². The maximum absolute atomic E-state index is 12.2. The highest BCUT2D eigenvalue weighted by atomic mass is 32.1. The molecule has 1 aliphatic rings. The van der Waals surface area contributed by atoms with Gasteiger partial charge >= 0.3 is 0 Å². The summed E-state index contributed by atoms with van der Waals surface area (Å²) in [4.78, 5) is 16.0. The second-order valence-corrected chi connectivity index (χ2v) is 6.36. The summed E-state index contributed by atoms with van der Waals surface area (Å²) in [5.74, 6) is 0.0679. The number of benzene rings is 1. The van der Waals surface area contributed by atoms with Gasteiger partial charge in [0.05, 0.1) is 6.54 Å². The maximum Gasteiger partial charge on any atom is 0.238 e. The van der Waals surface area contributed by atoms with Crippen molar-refractivity contribution in [3.8, 4) is 0 Å². The van der Waals surface area contributed by atoms with Gasteiger partial charge in [-0.25, -0.2) is 0 Å². The number of hydrogen-bond donors (Lipinski definition) is 1. The van der Waals surface area contributed by atoms with Crippen molar-refractivity contribution in [2.24, 2.45) is 0 Å². The summed E-state index contributed by atoms with van der Waals surface area (Å²) in [7, 11) is 0. The quantitative estimate of drug-likeness (QED) is 0.934. The molecule has 0 aliphatic carbocycles. The molecule has 1 atom stereocenters. The van der Waals surface area contributed by atoms with Gasteiger partial charge in [0.2, 0.25) is 5.91 Å². The molecule has 2 heterocycles. The van der Waals surface area contributed by atoms with E-state index in [2.05, 4.69) is 28.6 Å². The molecular weight excluding hydrogens is 280 g/mol. The molecule has 0 spiro atoms. The van der Waals surface area contributed by atoms with Crippen molar-refractivity contribution in [1.29, 1.82) is 0 Å². The van der Waals surface area contributed by atoms with E-state index in [-0.39, 0.29) is 5.91 Å². The number of carbonyl (C=O) groups excluding carboxylic acids is 1. The van der Waals surface area contributed by atoms with Crippen molar-refractivity contribution in [2.45, 2.75) is 25.8 Å². The SMILES string of the molecule is CCC1c2ccsc2CCN1CC(=O)Nc1ccccc1. The lowest BCUT2D eigenvalue weighted by Gasteiger charge is -2.34. The van der Waals surface area contributed by atoms with Gasteiger partial charge in [-0.15, -0.1) is 11.3 Å². The molecule has 0 bridgehead atoms. The predicted molar refractivity (Wildman–Crippen MR) is 87.7 cm³/mol. The van der Waals surface area contributed by atoms with E-state index in [1.807, 2.05) is 41.7 Å². The van der Waals surface area contributed by atoms with E-state index in [0.29, 0.717) is 12.6 Å². The van der Waals surface area contributed by atoms with Crippen molar-refractivity contribution in [3.05, 3.63) is 52.2 Å². The number of amides is 1. The van der Waals surface area contributed by atoms with Crippen LogP contribution in [0.25, 0.3) is 0 Å². The molecule has 1 aromatic carbocycles. The largest absolute Gasteiger partial charge is 0.325 e. The van der Waals surface area contributed by atoms with Crippen LogP contribution in [0.1, 0.15) is 29.8 Å². The van der Waals surface area contributed by atoms with Crippen molar-refractivity contribution < 1.29 is 4.79 Å². The van der Waals surface area contributed by atoms with Gasteiger partial charge in [-0.3, -0.25) is 9.69 Å². The summed E-state index contributed by atoms with van der Waals surface area (Å²) in [6, 6.07) is 12.2. The van der Waals surface area contributed by atoms with E-state index in [0.717, 1.165) is 25.1 Å². The van der Waals surface area contributed by atoms with E-state index in [1.54, 1.807) is 0 Å². The number of para-hydroxylation sites is 1. The standard InChI is InChI=1S/C17H20N2OS/c1-2-15-14-9-11-21-16(14)8-10-19(15)12-17(20)18-13-6-4-3-5-7-13/h3-7,9,11,15H,2,8,10,12H2,1H3,(H,18,20). The Labute approximate surface area is 129 Å². The molecule has 110 valence electrons. The lowest BCUT2D eigenvalue weighted by atomic mass is 9.98. The first kappa shape index (κ1) is 14.3. The molecule has 0 saturated heterocycles. The van der Waals surface area contributed by atoms with Gasteiger partial charge in [0.1, 0.15) is 0 Å². The van der Waals surface area contributed by atoms with Crippen LogP contribution in [-0.4, -0.2) is 23.9 Å². The normalized spacial score (nSPS) is 18.2. The summed E-state index contributed by atoms with van der Waals surface area (Å²) in [6.07, 6.45) is 2.10. The first-order valence-electron chi connectivity index (χ1n) is 7.43. The van der Waals surface area contributed by atoms with Crippen molar-refractivity contribution in [2.75, 3.05) is 18.4 Å². The topological polar surface area (TPSA) is 32.3 Å². The minimum absolute atomic E-state index is 0.0679. The summed E-state index contributed by atoms with van der Waals surface area (Å²) in [6.45, 7) is 3.62. The summed E-state index contributed by atoms with van der Waals surface area (Å²) < 4.78 is 0. The van der Waals surface area contributed by atoms with Crippen LogP contribution in [0.3, 0.4) is 0 Å². The molecule has 0 saturated carbocycles. The summed E-state index contributed by atoms with van der Waals surface area (Å²) >= 11 is 1.84. The van der Waals surface area contributed by atoms with Crippen molar-refractivity contribution in [3.63, 3.8) is 0 Å². The van der Waals surface area contributed by atoms with Crippen LogP contribution in [0, 0.1) is 0 Å². The third kappa shape index (κ3) is 3.17. The first-order chi connectivity index (χ1) is 10.3. The Morgan fingerprint density at radius 2 is 2.14 bits per heavy atom. The molecule has 0 fully saturated rings. The van der Waals surface area contributed by atoms with Gasteiger partial charge in [0.15, 0.2) is 0 Å². The molecule has 1 N–H and O–H groups in total. The Balaban J connectivity index is 1.66. The van der Waals surface area contributed by atoms with Crippen molar-refractivity contribution >= 4 is 22.9 Å². The third-order valence-corrected chi connectivity index (χ3v) is 4.99. The highest BCUT2D eigenvalue weighted by Crippen LogP contribution is 2.34. The number of rotatable bonds is 4. The molecule has 2 aromatic rings. The van der Waals surface area contributed by atoms with Crippen LogP contribution in [0.4, 0.5) is 5.69 Å². The molecule has 1 aliphatic heterocycles. The van der Waals surface area contributed by atoms with Gasteiger partial charge in [0.25, 0.3) is 0 Å². The highest BCUT2D eigenvalue weighted by Gasteiger charge is 2.28. The van der Waals surface area contributed by atoms with E-state index in [9.17, 15) is 4.79 Å². The molecule has 3 nitrogen and oxygen atoms in total. The summed E-state index contributed by atoms with van der Waals surface area (Å²) in [5.41, 5.74) is 2.28. The van der Waals surface area contributed by atoms with Gasteiger partial charge in [-0.05, 0) is 42.0 Å². The Morgan fingerprint density at radius 3 is 2.90 bits per heavy atom. The lowest BCUT2D eigenvalue weighted by molar-refractivity contribution is -0.118. The van der Waals surface area contributed by atoms with Crippen LogP contribution in [0.2, 0.25) is 0 Å². The van der Waals surface area contributed by atoms with Crippen LogP contribution in [0.5, 0.6) is 0 Å². The van der Waals surface area contributed by atoms with E-state index < -0.39 is 0 Å². The number of carbonyl (C=O) groups is 1. The van der Waals surface area contributed by atoms with Crippen molar-refractivity contribution in [1.82, 2.24) is 4.90 Å². The van der Waals surface area contributed by atoms with Crippen LogP contribution < -0.4 is 5.32 Å². The Hall–Kier alpha value is -1.65. The second kappa shape index (κ2) is 6.41. The minimum Gasteiger partial charge on any atom is -0.325 e. The number of nitrogens with one attached hydrogen (secondary N) is 1. The van der Waals surface area contributed by atoms with E-state index in [4.69, 9.17) is 0 Å². The monoisotopic (exact) mass is 300 g/mol. The van der Waals surface area contributed by atoms with Gasteiger partial charge < -0.3 is 5.32 Å². The zero-order chi connectivity index (χ0) is 14.7. The molecule has 1 amide bonds. The number of fused-ring (bicyclic) bond motifs is 1. The smallest absolute Gasteiger partial charge is 0.238 e. The Kier molecular flexibility index (Phi) is 4.36. The molecule has 21 heavy (non-hydrogen) atoms. The molecule has 0 radical (unpaired) electrons. The average molecular weight is 300 g/mol. The zero-order valence-corrected chi connectivity index (χ0v) is 13.0. The molecule has 3 rings (SSSR count). The Bertz CT molecular complexity index is 608. The molecule has 1 unspecified atom stereocenters. The van der Waals surface area contributed by atoms with Gasteiger partial charge in [-0.2, -0.15) is 0 Å². The zero-order valence-electron chi connectivity index (χ0n) is 12.2. The first-order valence-corrected chi connectivity index (χ1v) is 8.31. The maximum atomic E-state index is 12.2. The number of hydrogen-bond acceptors (Lipinski definition) is 3. The molecule has 1 aromatic heterocycles. The van der Waals surface area contributed by atoms with Crippen LogP contribution in [0.15, 0.2) is 41.8 Å². The Morgan fingerprint density at radius 1 is 1.33 bits per heavy atom. The number of nitrogens with zero attached hydrogens (tertiary/aromatic N) is 1. The highest BCUT2D eigenvalue weighted by molar-refractivity contribution is 7.10.